The molecule has 0 unspecified atom stereocenters. The zero-order chi connectivity index (χ0) is 33.8. The number of hydrogen-bond donors (Lipinski definition) is 1. The van der Waals surface area contributed by atoms with Crippen LogP contribution in [0, 0.1) is 11.8 Å². The highest BCUT2D eigenvalue weighted by atomic mass is 19.1. The summed E-state index contributed by atoms with van der Waals surface area (Å²) in [5.74, 6) is -1.20. The third-order valence-electron chi connectivity index (χ3n) is 9.82. The van der Waals surface area contributed by atoms with Gasteiger partial charge in [0.1, 0.15) is 23.2 Å². The van der Waals surface area contributed by atoms with Gasteiger partial charge in [-0.25, -0.2) is 4.39 Å². The van der Waals surface area contributed by atoms with Crippen LogP contribution in [0.5, 0.6) is 5.75 Å². The van der Waals surface area contributed by atoms with Gasteiger partial charge in [-0.2, -0.15) is 0 Å². The minimum absolute atomic E-state index is 0.125. The molecule has 2 amide bonds. The molecule has 48 heavy (non-hydrogen) atoms. The predicted octanol–water partition coefficient (Wildman–Crippen LogP) is 5.63. The highest BCUT2D eigenvalue weighted by Gasteiger charge is 2.66. The summed E-state index contributed by atoms with van der Waals surface area (Å²) in [5.41, 5.74) is 0.269. The van der Waals surface area contributed by atoms with Crippen LogP contribution in [-0.4, -0.2) is 56.8 Å². The van der Waals surface area contributed by atoms with Gasteiger partial charge in [0.25, 0.3) is 11.8 Å². The Morgan fingerprint density at radius 3 is 2.60 bits per heavy atom. The lowest BCUT2D eigenvalue weighted by Gasteiger charge is -2.33. The van der Waals surface area contributed by atoms with Crippen LogP contribution in [0.3, 0.4) is 0 Å². The molecule has 4 heterocycles. The molecule has 1 spiro atoms. The van der Waals surface area contributed by atoms with Crippen LogP contribution in [0.15, 0.2) is 91.6 Å². The number of aryl methyl sites for hydroxylation is 1. The Hall–Kier alpha value is -4.87. The lowest BCUT2D eigenvalue weighted by molar-refractivity contribution is -0.146. The maximum absolute atomic E-state index is 16.2. The van der Waals surface area contributed by atoms with Gasteiger partial charge in [-0.05, 0) is 56.2 Å². The molecule has 1 fully saturated rings. The van der Waals surface area contributed by atoms with Crippen molar-refractivity contribution in [1.29, 1.82) is 0 Å². The van der Waals surface area contributed by atoms with Gasteiger partial charge in [0.15, 0.2) is 12.2 Å². The van der Waals surface area contributed by atoms with E-state index in [1.54, 1.807) is 38.9 Å². The van der Waals surface area contributed by atoms with Crippen molar-refractivity contribution in [3.05, 3.63) is 108 Å². The van der Waals surface area contributed by atoms with Crippen molar-refractivity contribution in [3.8, 4) is 5.75 Å². The Morgan fingerprint density at radius 2 is 1.85 bits per heavy atom. The molecule has 0 bridgehead atoms. The first-order valence-corrected chi connectivity index (χ1v) is 16.2. The summed E-state index contributed by atoms with van der Waals surface area (Å²) in [7, 11) is 0. The molecule has 11 heteroatoms. The first-order chi connectivity index (χ1) is 23.0. The van der Waals surface area contributed by atoms with Gasteiger partial charge in [0.2, 0.25) is 0 Å². The number of benzene rings is 3. The molecule has 7 rings (SSSR count). The van der Waals surface area contributed by atoms with Crippen molar-refractivity contribution in [2.75, 3.05) is 23.0 Å². The second kappa shape index (κ2) is 12.0. The summed E-state index contributed by atoms with van der Waals surface area (Å²) in [6.07, 6.45) is 2.06. The van der Waals surface area contributed by atoms with Crippen molar-refractivity contribution in [2.24, 2.45) is 11.8 Å². The van der Waals surface area contributed by atoms with Gasteiger partial charge in [-0.3, -0.25) is 19.2 Å². The molecule has 5 atom stereocenters. The number of amides is 2. The summed E-state index contributed by atoms with van der Waals surface area (Å²) in [6, 6.07) is 21.9. The largest absolute Gasteiger partial charge is 0.482 e. The smallest absolute Gasteiger partial charge is 0.269 e. The van der Waals surface area contributed by atoms with Crippen LogP contribution >= 0.6 is 0 Å². The lowest BCUT2D eigenvalue weighted by atomic mass is 9.71. The second-order valence-corrected chi connectivity index (χ2v) is 13.2. The van der Waals surface area contributed by atoms with E-state index >= 15 is 4.39 Å². The van der Waals surface area contributed by atoms with E-state index < -0.39 is 35.3 Å². The number of alkyl halides is 1. The molecule has 3 aromatic carbocycles. The molecular weight excluding hydrogens is 613 g/mol. The second-order valence-electron chi connectivity index (χ2n) is 13.2. The molecule has 0 radical (unpaired) electrons. The standard InChI is InChI=1S/C37H38FN5O5/c1-5-18-42-28-16-15-25(43-29-13-9-10-14-30(29)47-22-32(43)44)20-26(28)37(35(42)46)23(2)33(36(3,4)38)31(48-37)17-19-41-21-27(39-40-41)34(45)24-11-7-6-8-12-24/h5-16,20-21,23,31,33-34,45H,1,17-19,22H2,2-4H3/t23-,31+,33-,34+,37+/m0/s1. The van der Waals surface area contributed by atoms with E-state index in [-0.39, 0.29) is 25.0 Å². The fourth-order valence-electron chi connectivity index (χ4n) is 7.75. The van der Waals surface area contributed by atoms with E-state index in [0.29, 0.717) is 52.6 Å². The van der Waals surface area contributed by atoms with Gasteiger partial charge in [-0.1, -0.05) is 60.7 Å². The van der Waals surface area contributed by atoms with Crippen LogP contribution in [0.2, 0.25) is 0 Å². The average Bonchev–Trinajstić information content (AvgIpc) is 3.74. The van der Waals surface area contributed by atoms with Crippen molar-refractivity contribution in [1.82, 2.24) is 15.0 Å². The first-order valence-electron chi connectivity index (χ1n) is 16.2. The van der Waals surface area contributed by atoms with Crippen molar-refractivity contribution in [2.45, 2.75) is 57.2 Å². The Morgan fingerprint density at radius 1 is 1.10 bits per heavy atom. The number of hydrogen-bond acceptors (Lipinski definition) is 7. The van der Waals surface area contributed by atoms with Crippen LogP contribution in [-0.2, 0) is 26.5 Å². The van der Waals surface area contributed by atoms with E-state index in [2.05, 4.69) is 16.9 Å². The van der Waals surface area contributed by atoms with Crippen molar-refractivity contribution >= 4 is 28.9 Å². The maximum atomic E-state index is 16.2. The number of aromatic nitrogens is 3. The maximum Gasteiger partial charge on any atom is 0.269 e. The molecule has 1 aromatic heterocycles. The zero-order valence-corrected chi connectivity index (χ0v) is 27.1. The molecule has 4 aromatic rings. The van der Waals surface area contributed by atoms with Crippen LogP contribution in [0.1, 0.15) is 50.1 Å². The number of fused-ring (bicyclic) bond motifs is 3. The fraction of sp³-hybridized carbons (Fsp3) is 0.351. The number of aliphatic hydroxyl groups is 1. The van der Waals surface area contributed by atoms with Crippen LogP contribution < -0.4 is 14.5 Å². The third kappa shape index (κ3) is 5.09. The molecule has 248 valence electrons. The topological polar surface area (TPSA) is 110 Å². The predicted molar refractivity (Wildman–Crippen MR) is 178 cm³/mol. The van der Waals surface area contributed by atoms with Gasteiger partial charge >= 0.3 is 0 Å². The number of carbonyl (C=O) groups is 2. The summed E-state index contributed by atoms with van der Waals surface area (Å²) in [4.78, 5) is 31.0. The normalized spacial score (nSPS) is 24.1. The summed E-state index contributed by atoms with van der Waals surface area (Å²) in [5, 5.41) is 19.2. The quantitative estimate of drug-likeness (QED) is 0.234. The molecule has 1 saturated heterocycles. The first kappa shape index (κ1) is 31.7. The van der Waals surface area contributed by atoms with Gasteiger partial charge in [0, 0.05) is 36.2 Å². The van der Waals surface area contributed by atoms with E-state index in [1.165, 1.54) is 13.8 Å². The number of anilines is 3. The Balaban J connectivity index is 1.24. The summed E-state index contributed by atoms with van der Waals surface area (Å²) >= 11 is 0. The monoisotopic (exact) mass is 651 g/mol. The van der Waals surface area contributed by atoms with E-state index in [1.807, 2.05) is 67.6 Å². The third-order valence-corrected chi connectivity index (χ3v) is 9.82. The molecule has 10 nitrogen and oxygen atoms in total. The fourth-order valence-corrected chi connectivity index (χ4v) is 7.75. The van der Waals surface area contributed by atoms with Gasteiger partial charge in [-0.15, -0.1) is 11.7 Å². The van der Waals surface area contributed by atoms with Crippen LogP contribution in [0.4, 0.5) is 21.5 Å². The van der Waals surface area contributed by atoms with E-state index in [4.69, 9.17) is 9.47 Å². The Kier molecular flexibility index (Phi) is 7.92. The summed E-state index contributed by atoms with van der Waals surface area (Å²) < 4.78 is 30.4. The molecular formula is C37H38FN5O5. The van der Waals surface area contributed by atoms with E-state index in [0.717, 1.165) is 0 Å². The van der Waals surface area contributed by atoms with E-state index in [9.17, 15) is 14.7 Å². The molecule has 0 aliphatic carbocycles. The number of rotatable bonds is 9. The number of ether oxygens (including phenoxy) is 2. The van der Waals surface area contributed by atoms with Crippen molar-refractivity contribution < 1.29 is 28.6 Å². The SMILES string of the molecule is C=CCN1C(=O)[C@]2(O[C@H](CCn3cc([C@H](O)c4ccccc4)nn3)[C@@H](C(C)(C)F)[C@@H]2C)c2cc(N3C(=O)COc4ccccc43)ccc21. The highest BCUT2D eigenvalue weighted by molar-refractivity contribution is 6.10. The van der Waals surface area contributed by atoms with Crippen LogP contribution in [0.25, 0.3) is 0 Å². The molecule has 3 aliphatic heterocycles. The number of carbonyl (C=O) groups excluding carboxylic acids is 2. The minimum Gasteiger partial charge on any atom is -0.482 e. The number of nitrogens with zero attached hydrogens (tertiary/aromatic N) is 5. The minimum atomic E-state index is -1.70. The zero-order valence-electron chi connectivity index (χ0n) is 27.1. The number of para-hydroxylation sites is 2. The summed E-state index contributed by atoms with van der Waals surface area (Å²) in [6.45, 7) is 9.22. The molecule has 1 N–H and O–H groups in total. The highest BCUT2D eigenvalue weighted by Crippen LogP contribution is 2.59. The average molecular weight is 652 g/mol. The molecule has 3 aliphatic rings. The lowest BCUT2D eigenvalue weighted by Crippen LogP contribution is -2.45. The van der Waals surface area contributed by atoms with Crippen molar-refractivity contribution in [3.63, 3.8) is 0 Å². The number of aliphatic hydroxyl groups excluding tert-OH is 1. The Bertz CT molecular complexity index is 1870. The molecule has 0 saturated carbocycles. The van der Waals surface area contributed by atoms with Gasteiger partial charge < -0.3 is 19.5 Å². The number of halogens is 1. The van der Waals surface area contributed by atoms with Gasteiger partial charge in [0.05, 0.1) is 23.7 Å². The Labute approximate surface area is 278 Å².